The highest BCUT2D eigenvalue weighted by atomic mass is 35.6. The van der Waals surface area contributed by atoms with E-state index in [2.05, 4.69) is 13.8 Å². The lowest BCUT2D eigenvalue weighted by molar-refractivity contribution is 0.585. The molecular formula is C15H22Cl10. The zero-order chi connectivity index (χ0) is 20.2. The fraction of sp³-hybridized carbons (Fsp3) is 1.00. The van der Waals surface area contributed by atoms with E-state index in [4.69, 9.17) is 116 Å². The van der Waals surface area contributed by atoms with Crippen molar-refractivity contribution in [3.05, 3.63) is 0 Å². The lowest BCUT2D eigenvalue weighted by Crippen LogP contribution is -2.46. The molecule has 1 fully saturated rings. The Kier molecular flexibility index (Phi) is 12.0. The van der Waals surface area contributed by atoms with Gasteiger partial charge in [-0.2, -0.15) is 0 Å². The lowest BCUT2D eigenvalue weighted by Gasteiger charge is -2.32. The minimum absolute atomic E-state index is 1.37. The Morgan fingerprint density at radius 1 is 0.360 bits per heavy atom. The molecule has 1 aliphatic carbocycles. The molecule has 25 heavy (non-hydrogen) atoms. The number of unbranched alkanes of at least 4 members (excludes halogenated alkanes) is 7. The number of hydrogen-bond donors (Lipinski definition) is 0. The van der Waals surface area contributed by atoms with Gasteiger partial charge in [-0.05, 0) is 0 Å². The Hall–Kier alpha value is 2.90. The predicted molar refractivity (Wildman–Crippen MR) is 120 cm³/mol. The second kappa shape index (κ2) is 10.8. The summed E-state index contributed by atoms with van der Waals surface area (Å²) in [6.07, 6.45) is 11.5. The van der Waals surface area contributed by atoms with Crippen molar-refractivity contribution < 1.29 is 0 Å². The van der Waals surface area contributed by atoms with E-state index in [-0.39, 0.29) is 0 Å². The summed E-state index contributed by atoms with van der Waals surface area (Å²) < 4.78 is -10.8. The molecule has 0 aromatic heterocycles. The highest BCUT2D eigenvalue weighted by molar-refractivity contribution is 6.83. The van der Waals surface area contributed by atoms with E-state index < -0.39 is 21.7 Å². The van der Waals surface area contributed by atoms with Crippen molar-refractivity contribution in [1.29, 1.82) is 0 Å². The Balaban J connectivity index is 0.000000504. The molecule has 0 heterocycles. The third-order valence-electron chi connectivity index (χ3n) is 3.93. The Morgan fingerprint density at radius 2 is 0.520 bits per heavy atom. The van der Waals surface area contributed by atoms with Crippen molar-refractivity contribution in [3.8, 4) is 0 Å². The maximum absolute atomic E-state index is 5.82. The third kappa shape index (κ3) is 5.53. The number of halogens is 10. The lowest BCUT2D eigenvalue weighted by atomic mass is 10.1. The van der Waals surface area contributed by atoms with Crippen molar-refractivity contribution in [2.75, 3.05) is 0 Å². The van der Waals surface area contributed by atoms with Crippen LogP contribution in [0.2, 0.25) is 0 Å². The fourth-order valence-electron chi connectivity index (χ4n) is 2.19. The quantitative estimate of drug-likeness (QED) is 0.216. The normalized spacial score (nSPS) is 24.5. The Labute approximate surface area is 201 Å². The van der Waals surface area contributed by atoms with Crippen LogP contribution in [-0.4, -0.2) is 21.7 Å². The van der Waals surface area contributed by atoms with Crippen LogP contribution in [-0.2, 0) is 0 Å². The summed E-state index contributed by atoms with van der Waals surface area (Å²) in [4.78, 5) is 0. The van der Waals surface area contributed by atoms with E-state index in [1.807, 2.05) is 0 Å². The van der Waals surface area contributed by atoms with Crippen LogP contribution in [0.1, 0.15) is 65.2 Å². The van der Waals surface area contributed by atoms with Gasteiger partial charge >= 0.3 is 0 Å². The molecule has 0 unspecified atom stereocenters. The van der Waals surface area contributed by atoms with Gasteiger partial charge < -0.3 is 0 Å². The molecule has 152 valence electrons. The first kappa shape index (κ1) is 27.9. The first-order valence-electron chi connectivity index (χ1n) is 8.05. The Bertz CT molecular complexity index is 305. The van der Waals surface area contributed by atoms with Gasteiger partial charge in [0.15, 0.2) is 21.7 Å². The van der Waals surface area contributed by atoms with Crippen LogP contribution in [0.3, 0.4) is 0 Å². The van der Waals surface area contributed by atoms with E-state index in [0.29, 0.717) is 0 Å². The van der Waals surface area contributed by atoms with Crippen LogP contribution >= 0.6 is 116 Å². The monoisotopic (exact) mass is 552 g/mol. The minimum Gasteiger partial charge on any atom is -0.0946 e. The molecule has 0 N–H and O–H groups in total. The van der Waals surface area contributed by atoms with Gasteiger partial charge in [-0.1, -0.05) is 181 Å². The van der Waals surface area contributed by atoms with Gasteiger partial charge in [-0.15, -0.1) is 0 Å². The SMILES string of the molecule is CCCCCCCCCC.ClC1(Cl)C(Cl)(Cl)C(Cl)(Cl)C(Cl)(Cl)C1(Cl)Cl. The van der Waals surface area contributed by atoms with Crippen LogP contribution in [0.25, 0.3) is 0 Å². The summed E-state index contributed by atoms with van der Waals surface area (Å²) in [6.45, 7) is 4.54. The average Bonchev–Trinajstić information content (AvgIpc) is 2.54. The molecule has 0 saturated heterocycles. The van der Waals surface area contributed by atoms with Gasteiger partial charge in [0.05, 0.1) is 0 Å². The predicted octanol–water partition coefficient (Wildman–Crippen LogP) is 10.0. The summed E-state index contributed by atoms with van der Waals surface area (Å²) in [5.74, 6) is 0. The first-order valence-corrected chi connectivity index (χ1v) is 11.8. The molecule has 1 saturated carbocycles. The summed E-state index contributed by atoms with van der Waals surface area (Å²) in [5, 5.41) is 0. The van der Waals surface area contributed by atoms with E-state index in [1.165, 1.54) is 51.4 Å². The van der Waals surface area contributed by atoms with Crippen molar-refractivity contribution in [1.82, 2.24) is 0 Å². The van der Waals surface area contributed by atoms with Gasteiger partial charge in [-0.25, -0.2) is 0 Å². The maximum atomic E-state index is 5.82. The molecule has 0 aromatic carbocycles. The van der Waals surface area contributed by atoms with E-state index in [9.17, 15) is 0 Å². The van der Waals surface area contributed by atoms with Crippen molar-refractivity contribution in [3.63, 3.8) is 0 Å². The third-order valence-corrected chi connectivity index (χ3v) is 11.5. The molecule has 1 aliphatic rings. The van der Waals surface area contributed by atoms with Crippen molar-refractivity contribution in [2.45, 2.75) is 86.9 Å². The molecule has 1 rings (SSSR count). The summed E-state index contributed by atoms with van der Waals surface area (Å²) in [6, 6.07) is 0. The number of hydrogen-bond acceptors (Lipinski definition) is 0. The highest BCUT2D eigenvalue weighted by Gasteiger charge is 2.87. The summed E-state index contributed by atoms with van der Waals surface area (Å²) >= 11 is 58.2. The largest absolute Gasteiger partial charge is 0.189 e. The fourth-order valence-corrected chi connectivity index (χ4v) is 6.00. The van der Waals surface area contributed by atoms with Crippen LogP contribution in [0.15, 0.2) is 0 Å². The first-order chi connectivity index (χ1) is 11.2. The van der Waals surface area contributed by atoms with Gasteiger partial charge in [0.2, 0.25) is 0 Å². The van der Waals surface area contributed by atoms with E-state index >= 15 is 0 Å². The minimum atomic E-state index is -2.17. The molecule has 0 amide bonds. The molecular weight excluding hydrogens is 535 g/mol. The summed E-state index contributed by atoms with van der Waals surface area (Å²) in [7, 11) is 0. The highest BCUT2D eigenvalue weighted by Crippen LogP contribution is 2.77. The zero-order valence-electron chi connectivity index (χ0n) is 13.9. The number of rotatable bonds is 7. The molecule has 10 heteroatoms. The van der Waals surface area contributed by atoms with Gasteiger partial charge in [-0.3, -0.25) is 0 Å². The van der Waals surface area contributed by atoms with Gasteiger partial charge in [0.25, 0.3) is 0 Å². The van der Waals surface area contributed by atoms with Crippen molar-refractivity contribution >= 4 is 116 Å². The standard InChI is InChI=1S/C10H22.C5Cl10/c1-3-5-7-9-10-8-6-4-2;6-1(7)2(8,9)4(12,13)5(14,15)3(1,10)11/h3-10H2,1-2H3;. The molecule has 0 aromatic rings. The molecule has 0 radical (unpaired) electrons. The molecule has 0 nitrogen and oxygen atoms in total. The second-order valence-corrected chi connectivity index (χ2v) is 12.6. The maximum Gasteiger partial charge on any atom is 0.189 e. The Morgan fingerprint density at radius 3 is 0.680 bits per heavy atom. The van der Waals surface area contributed by atoms with Crippen LogP contribution < -0.4 is 0 Å². The van der Waals surface area contributed by atoms with Crippen LogP contribution in [0.4, 0.5) is 0 Å². The molecule has 0 atom stereocenters. The number of alkyl halides is 10. The van der Waals surface area contributed by atoms with E-state index in [1.54, 1.807) is 0 Å². The second-order valence-electron chi connectivity index (χ2n) is 5.99. The average molecular weight is 557 g/mol. The summed E-state index contributed by atoms with van der Waals surface area (Å²) in [5.41, 5.74) is 0. The molecule has 0 bridgehead atoms. The molecule has 0 spiro atoms. The van der Waals surface area contributed by atoms with Crippen molar-refractivity contribution in [2.24, 2.45) is 0 Å². The van der Waals surface area contributed by atoms with Crippen LogP contribution in [0.5, 0.6) is 0 Å². The van der Waals surface area contributed by atoms with Gasteiger partial charge in [0.1, 0.15) is 0 Å². The topological polar surface area (TPSA) is 0 Å². The van der Waals surface area contributed by atoms with Gasteiger partial charge in [0, 0.05) is 0 Å². The zero-order valence-corrected chi connectivity index (χ0v) is 21.5. The van der Waals surface area contributed by atoms with Crippen LogP contribution in [0, 0.1) is 0 Å². The molecule has 0 aliphatic heterocycles. The smallest absolute Gasteiger partial charge is 0.0946 e. The van der Waals surface area contributed by atoms with E-state index in [0.717, 1.165) is 0 Å².